The molecule has 1 aliphatic heterocycles. The third-order valence-electron chi connectivity index (χ3n) is 2.84. The minimum atomic E-state index is -1.68. The second kappa shape index (κ2) is 2.76. The molecule has 0 saturated carbocycles. The molecule has 2 atom stereocenters. The zero-order valence-corrected chi connectivity index (χ0v) is 8.36. The molecule has 1 aromatic carbocycles. The third kappa shape index (κ3) is 1.39. The fourth-order valence-electron chi connectivity index (χ4n) is 1.58. The largest absolute Gasteiger partial charge is 0.326 e. The Hall–Kier alpha value is -1.49. The van der Waals surface area contributed by atoms with Crippen LogP contribution in [0, 0.1) is 10.1 Å². The molecule has 1 fully saturated rings. The summed E-state index contributed by atoms with van der Waals surface area (Å²) < 4.78 is 18.4. The molecule has 2 rings (SSSR count). The van der Waals surface area contributed by atoms with Gasteiger partial charge in [0.2, 0.25) is 5.85 Å². The molecule has 0 radical (unpaired) electrons. The molecule has 0 aromatic heterocycles. The highest BCUT2D eigenvalue weighted by Crippen LogP contribution is 2.56. The van der Waals surface area contributed by atoms with Crippen molar-refractivity contribution in [3.63, 3.8) is 0 Å². The molecule has 0 N–H and O–H groups in total. The molecular formula is C10H10FNO3. The number of non-ortho nitro benzene ring substituents is 1. The summed E-state index contributed by atoms with van der Waals surface area (Å²) in [5.74, 6) is -1.68. The van der Waals surface area contributed by atoms with E-state index in [2.05, 4.69) is 0 Å². The number of alkyl halides is 1. The third-order valence-corrected chi connectivity index (χ3v) is 2.84. The van der Waals surface area contributed by atoms with E-state index in [4.69, 9.17) is 4.74 Å². The van der Waals surface area contributed by atoms with Crippen molar-refractivity contribution in [3.05, 3.63) is 39.9 Å². The van der Waals surface area contributed by atoms with Crippen LogP contribution in [-0.4, -0.2) is 10.8 Å². The van der Waals surface area contributed by atoms with Crippen molar-refractivity contribution in [1.82, 2.24) is 0 Å². The van der Waals surface area contributed by atoms with Gasteiger partial charge in [-0.3, -0.25) is 10.1 Å². The van der Waals surface area contributed by atoms with E-state index >= 15 is 0 Å². The quantitative estimate of drug-likeness (QED) is 0.429. The Bertz CT molecular complexity index is 415. The predicted molar refractivity (Wildman–Crippen MR) is 51.0 cm³/mol. The molecule has 1 aliphatic rings. The molecule has 5 heteroatoms. The number of nitro benzene ring substituents is 1. The van der Waals surface area contributed by atoms with Gasteiger partial charge in [0.15, 0.2) is 5.60 Å². The summed E-state index contributed by atoms with van der Waals surface area (Å²) in [5, 5.41) is 10.4. The van der Waals surface area contributed by atoms with Crippen molar-refractivity contribution in [2.75, 3.05) is 0 Å². The molecule has 0 spiro atoms. The van der Waals surface area contributed by atoms with Gasteiger partial charge >= 0.3 is 0 Å². The van der Waals surface area contributed by atoms with Gasteiger partial charge in [-0.05, 0) is 31.5 Å². The standard InChI is InChI=1S/C10H10FNO3/c1-9(10(2,11)15-9)7-3-5-8(6-4-7)12(13)14/h3-6H,1-2H3. The monoisotopic (exact) mass is 211 g/mol. The Kier molecular flexibility index (Phi) is 1.85. The summed E-state index contributed by atoms with van der Waals surface area (Å²) in [7, 11) is 0. The Balaban J connectivity index is 2.30. The zero-order valence-electron chi connectivity index (χ0n) is 8.36. The normalized spacial score (nSPS) is 33.8. The van der Waals surface area contributed by atoms with Gasteiger partial charge in [-0.1, -0.05) is 0 Å². The lowest BCUT2D eigenvalue weighted by Gasteiger charge is -2.06. The first-order valence-electron chi connectivity index (χ1n) is 4.51. The highest BCUT2D eigenvalue weighted by Gasteiger charge is 2.66. The summed E-state index contributed by atoms with van der Waals surface area (Å²) >= 11 is 0. The summed E-state index contributed by atoms with van der Waals surface area (Å²) in [6.45, 7) is 2.96. The first-order chi connectivity index (χ1) is 6.87. The van der Waals surface area contributed by atoms with Gasteiger partial charge in [-0.25, -0.2) is 4.39 Å². The van der Waals surface area contributed by atoms with E-state index in [1.807, 2.05) is 0 Å². The van der Waals surface area contributed by atoms with Crippen molar-refractivity contribution >= 4 is 5.69 Å². The molecular weight excluding hydrogens is 201 g/mol. The van der Waals surface area contributed by atoms with Gasteiger partial charge in [0, 0.05) is 12.1 Å². The molecule has 2 unspecified atom stereocenters. The Morgan fingerprint density at radius 2 is 1.80 bits per heavy atom. The number of ether oxygens (including phenoxy) is 1. The smallest absolute Gasteiger partial charge is 0.269 e. The van der Waals surface area contributed by atoms with Gasteiger partial charge < -0.3 is 4.74 Å². The van der Waals surface area contributed by atoms with Crippen molar-refractivity contribution in [3.8, 4) is 0 Å². The van der Waals surface area contributed by atoms with Crippen LogP contribution in [-0.2, 0) is 10.3 Å². The van der Waals surface area contributed by atoms with Crippen molar-refractivity contribution < 1.29 is 14.1 Å². The highest BCUT2D eigenvalue weighted by atomic mass is 19.2. The van der Waals surface area contributed by atoms with Crippen molar-refractivity contribution in [2.45, 2.75) is 25.3 Å². The van der Waals surface area contributed by atoms with Gasteiger partial charge in [0.25, 0.3) is 5.69 Å². The summed E-state index contributed by atoms with van der Waals surface area (Å²) in [6, 6.07) is 5.72. The van der Waals surface area contributed by atoms with E-state index in [1.54, 1.807) is 6.92 Å². The maximum atomic E-state index is 13.4. The maximum absolute atomic E-state index is 13.4. The second-order valence-electron chi connectivity index (χ2n) is 3.86. The number of rotatable bonds is 2. The minimum absolute atomic E-state index is 0.0106. The number of halogens is 1. The van der Waals surface area contributed by atoms with Crippen molar-refractivity contribution in [1.29, 1.82) is 0 Å². The molecule has 1 saturated heterocycles. The van der Waals surface area contributed by atoms with Crippen LogP contribution < -0.4 is 0 Å². The lowest BCUT2D eigenvalue weighted by Crippen LogP contribution is -2.12. The van der Waals surface area contributed by atoms with Gasteiger partial charge in [-0.2, -0.15) is 0 Å². The average molecular weight is 211 g/mol. The predicted octanol–water partition coefficient (Wildman–Crippen LogP) is 2.53. The fourth-order valence-corrected chi connectivity index (χ4v) is 1.58. The molecule has 0 amide bonds. The Morgan fingerprint density at radius 3 is 2.13 bits per heavy atom. The number of hydrogen-bond acceptors (Lipinski definition) is 3. The molecule has 1 aromatic rings. The van der Waals surface area contributed by atoms with Gasteiger partial charge in [-0.15, -0.1) is 0 Å². The van der Waals surface area contributed by atoms with Crippen LogP contribution in [0.5, 0.6) is 0 Å². The molecule has 0 aliphatic carbocycles. The van der Waals surface area contributed by atoms with Crippen LogP contribution in [0.3, 0.4) is 0 Å². The first kappa shape index (κ1) is 10.0. The SMILES string of the molecule is CC1(F)OC1(C)c1ccc([N+](=O)[O-])cc1. The van der Waals surface area contributed by atoms with E-state index in [-0.39, 0.29) is 5.69 Å². The summed E-state index contributed by atoms with van der Waals surface area (Å²) in [5.41, 5.74) is -0.371. The molecule has 1 heterocycles. The molecule has 0 bridgehead atoms. The van der Waals surface area contributed by atoms with Gasteiger partial charge in [0.05, 0.1) is 4.92 Å². The first-order valence-corrected chi connectivity index (χ1v) is 4.51. The van der Waals surface area contributed by atoms with Crippen LogP contribution >= 0.6 is 0 Å². The Morgan fingerprint density at radius 1 is 1.33 bits per heavy atom. The molecule has 15 heavy (non-hydrogen) atoms. The number of epoxide rings is 1. The average Bonchev–Trinajstić information content (AvgIpc) is 2.67. The zero-order chi connectivity index (χ0) is 11.3. The fraction of sp³-hybridized carbons (Fsp3) is 0.400. The minimum Gasteiger partial charge on any atom is -0.326 e. The van der Waals surface area contributed by atoms with Crippen LogP contribution in [0.15, 0.2) is 24.3 Å². The highest BCUT2D eigenvalue weighted by molar-refractivity contribution is 5.38. The van der Waals surface area contributed by atoms with Crippen LogP contribution in [0.1, 0.15) is 19.4 Å². The van der Waals surface area contributed by atoms with Crippen LogP contribution in [0.2, 0.25) is 0 Å². The molecule has 80 valence electrons. The van der Waals surface area contributed by atoms with E-state index < -0.39 is 16.4 Å². The number of benzene rings is 1. The van der Waals surface area contributed by atoms with E-state index in [1.165, 1.54) is 31.2 Å². The van der Waals surface area contributed by atoms with E-state index in [0.717, 1.165) is 0 Å². The maximum Gasteiger partial charge on any atom is 0.269 e. The Labute approximate surface area is 85.8 Å². The number of hydrogen-bond donors (Lipinski definition) is 0. The lowest BCUT2D eigenvalue weighted by molar-refractivity contribution is -0.384. The topological polar surface area (TPSA) is 55.7 Å². The molecule has 4 nitrogen and oxygen atoms in total. The van der Waals surface area contributed by atoms with Crippen molar-refractivity contribution in [2.24, 2.45) is 0 Å². The van der Waals surface area contributed by atoms with Gasteiger partial charge in [0.1, 0.15) is 0 Å². The number of nitro groups is 1. The summed E-state index contributed by atoms with van der Waals surface area (Å²) in [6.07, 6.45) is 0. The second-order valence-corrected chi connectivity index (χ2v) is 3.86. The van der Waals surface area contributed by atoms with E-state index in [0.29, 0.717) is 5.56 Å². The van der Waals surface area contributed by atoms with Crippen LogP contribution in [0.25, 0.3) is 0 Å². The summed E-state index contributed by atoms with van der Waals surface area (Å²) in [4.78, 5) is 9.91. The van der Waals surface area contributed by atoms with Crippen LogP contribution in [0.4, 0.5) is 10.1 Å². The lowest BCUT2D eigenvalue weighted by atomic mass is 9.97. The van der Waals surface area contributed by atoms with E-state index in [9.17, 15) is 14.5 Å². The number of nitrogens with zero attached hydrogens (tertiary/aromatic N) is 1.